The van der Waals surface area contributed by atoms with E-state index in [1.165, 1.54) is 38.5 Å². The van der Waals surface area contributed by atoms with Gasteiger partial charge in [-0.25, -0.2) is 0 Å². The lowest BCUT2D eigenvalue weighted by molar-refractivity contribution is -0.133. The molecule has 3 N–H and O–H groups in total. The molecule has 3 amide bonds. The van der Waals surface area contributed by atoms with Crippen molar-refractivity contribution in [3.63, 3.8) is 0 Å². The van der Waals surface area contributed by atoms with Gasteiger partial charge in [0, 0.05) is 52.5 Å². The second kappa shape index (κ2) is 21.6. The summed E-state index contributed by atoms with van der Waals surface area (Å²) < 4.78 is 0. The largest absolute Gasteiger partial charge is 0.395 e. The number of aliphatic hydroxyl groups excluding tert-OH is 1. The van der Waals surface area contributed by atoms with E-state index in [-0.39, 0.29) is 43.6 Å². The molecule has 2 atom stereocenters. The van der Waals surface area contributed by atoms with Gasteiger partial charge in [-0.2, -0.15) is 0 Å². The number of carbonyl (C=O) groups excluding carboxylic acids is 3. The van der Waals surface area contributed by atoms with E-state index < -0.39 is 6.04 Å². The maximum atomic E-state index is 13.0. The molecule has 0 unspecified atom stereocenters. The third-order valence-electron chi connectivity index (χ3n) is 8.02. The first-order valence-corrected chi connectivity index (χ1v) is 15.8. The highest BCUT2D eigenvalue weighted by Gasteiger charge is 2.24. The van der Waals surface area contributed by atoms with Crippen LogP contribution in [0.2, 0.25) is 0 Å². The molecule has 1 fully saturated rings. The molecule has 0 bridgehead atoms. The minimum Gasteiger partial charge on any atom is -0.395 e. The fourth-order valence-electron chi connectivity index (χ4n) is 5.59. The van der Waals surface area contributed by atoms with Crippen LogP contribution in [0.4, 0.5) is 0 Å². The van der Waals surface area contributed by atoms with E-state index in [0.717, 1.165) is 38.1 Å². The van der Waals surface area contributed by atoms with E-state index in [1.807, 2.05) is 0 Å². The second-order valence-corrected chi connectivity index (χ2v) is 12.1. The number of amides is 3. The number of hydrogen-bond donors (Lipinski definition) is 3. The van der Waals surface area contributed by atoms with Crippen LogP contribution in [0.1, 0.15) is 104 Å². The summed E-state index contributed by atoms with van der Waals surface area (Å²) in [7, 11) is 1.73. The monoisotopic (exact) mass is 562 g/mol. The predicted molar refractivity (Wildman–Crippen MR) is 162 cm³/mol. The topological polar surface area (TPSA) is 102 Å². The molecule has 0 aromatic heterocycles. The maximum Gasteiger partial charge on any atom is 0.243 e. The number of aliphatic hydroxyl groups is 1. The second-order valence-electron chi connectivity index (χ2n) is 12.1. The van der Waals surface area contributed by atoms with Crippen molar-refractivity contribution in [1.82, 2.24) is 20.4 Å². The molecule has 1 rings (SSSR count). The summed E-state index contributed by atoms with van der Waals surface area (Å²) in [6.07, 6.45) is 17.8. The highest BCUT2D eigenvalue weighted by Crippen LogP contribution is 2.30. The summed E-state index contributed by atoms with van der Waals surface area (Å²) >= 11 is 0. The van der Waals surface area contributed by atoms with E-state index in [4.69, 9.17) is 6.42 Å². The van der Waals surface area contributed by atoms with Gasteiger partial charge in [0.05, 0.1) is 6.61 Å². The zero-order chi connectivity index (χ0) is 29.8. The van der Waals surface area contributed by atoms with Crippen LogP contribution in [-0.4, -0.2) is 85.0 Å². The van der Waals surface area contributed by atoms with Crippen LogP contribution in [0.3, 0.4) is 0 Å². The van der Waals surface area contributed by atoms with Gasteiger partial charge in [-0.05, 0) is 43.6 Å². The van der Waals surface area contributed by atoms with Gasteiger partial charge >= 0.3 is 0 Å². The SMILES string of the molecule is C#CC[C@H](NC(=O)CCC(=O)N(C)CCN(CCC)CCO)C(=O)NC[C@H](CCCC(C)C)CC1CCCCC1. The van der Waals surface area contributed by atoms with Crippen LogP contribution in [0.5, 0.6) is 0 Å². The summed E-state index contributed by atoms with van der Waals surface area (Å²) in [6, 6.07) is -0.794. The van der Waals surface area contributed by atoms with Gasteiger partial charge in [0.2, 0.25) is 17.7 Å². The van der Waals surface area contributed by atoms with Crippen LogP contribution >= 0.6 is 0 Å². The normalized spacial score (nSPS) is 15.4. The van der Waals surface area contributed by atoms with E-state index in [9.17, 15) is 19.5 Å². The highest BCUT2D eigenvalue weighted by molar-refractivity contribution is 5.89. The average Bonchev–Trinajstić information content (AvgIpc) is 2.93. The van der Waals surface area contributed by atoms with Gasteiger partial charge in [-0.1, -0.05) is 65.7 Å². The van der Waals surface area contributed by atoms with Crippen LogP contribution in [-0.2, 0) is 14.4 Å². The molecule has 0 aliphatic heterocycles. The number of carbonyl (C=O) groups is 3. The Hall–Kier alpha value is -2.11. The summed E-state index contributed by atoms with van der Waals surface area (Å²) in [4.78, 5) is 42.0. The quantitative estimate of drug-likeness (QED) is 0.184. The minimum absolute atomic E-state index is 0.00630. The molecule has 0 saturated heterocycles. The fraction of sp³-hybridized carbons (Fsp3) is 0.844. The van der Waals surface area contributed by atoms with Gasteiger partial charge in [0.15, 0.2) is 0 Å². The Balaban J connectivity index is 2.54. The van der Waals surface area contributed by atoms with Crippen molar-refractivity contribution < 1.29 is 19.5 Å². The van der Waals surface area contributed by atoms with Crippen LogP contribution in [0.15, 0.2) is 0 Å². The van der Waals surface area contributed by atoms with Crippen molar-refractivity contribution >= 4 is 17.7 Å². The van der Waals surface area contributed by atoms with Gasteiger partial charge in [-0.3, -0.25) is 19.3 Å². The number of likely N-dealkylation sites (N-methyl/N-ethyl adjacent to an activating group) is 1. The molecule has 0 spiro atoms. The third kappa shape index (κ3) is 16.2. The van der Waals surface area contributed by atoms with E-state index >= 15 is 0 Å². The molecule has 0 aromatic carbocycles. The Morgan fingerprint density at radius 1 is 1.02 bits per heavy atom. The zero-order valence-electron chi connectivity index (χ0n) is 25.9. The summed E-state index contributed by atoms with van der Waals surface area (Å²) in [6.45, 7) is 9.92. The van der Waals surface area contributed by atoms with Gasteiger partial charge in [0.25, 0.3) is 0 Å². The van der Waals surface area contributed by atoms with E-state index in [2.05, 4.69) is 42.2 Å². The molecule has 1 aliphatic rings. The number of nitrogens with zero attached hydrogens (tertiary/aromatic N) is 2. The van der Waals surface area contributed by atoms with Gasteiger partial charge in [0.1, 0.15) is 6.04 Å². The highest BCUT2D eigenvalue weighted by atomic mass is 16.3. The van der Waals surface area contributed by atoms with Crippen molar-refractivity contribution in [2.75, 3.05) is 46.4 Å². The Kier molecular flexibility index (Phi) is 19.4. The van der Waals surface area contributed by atoms with Crippen molar-refractivity contribution in [1.29, 1.82) is 0 Å². The molecule has 8 nitrogen and oxygen atoms in total. The number of nitrogens with one attached hydrogen (secondary N) is 2. The number of terminal acetylenes is 1. The molecule has 0 aromatic rings. The van der Waals surface area contributed by atoms with Gasteiger partial charge in [-0.15, -0.1) is 12.3 Å². The van der Waals surface area contributed by atoms with Crippen LogP contribution < -0.4 is 10.6 Å². The lowest BCUT2D eigenvalue weighted by atomic mass is 9.81. The summed E-state index contributed by atoms with van der Waals surface area (Å²) in [5.74, 6) is 3.66. The molecule has 0 heterocycles. The molecular formula is C32H58N4O4. The molecular weight excluding hydrogens is 504 g/mol. The lowest BCUT2D eigenvalue weighted by Gasteiger charge is -2.27. The predicted octanol–water partition coefficient (Wildman–Crippen LogP) is 3.97. The maximum absolute atomic E-state index is 13.0. The molecule has 230 valence electrons. The first-order chi connectivity index (χ1) is 19.2. The Bertz CT molecular complexity index is 755. The molecule has 40 heavy (non-hydrogen) atoms. The molecule has 8 heteroatoms. The molecule has 0 radical (unpaired) electrons. The first kappa shape index (κ1) is 35.9. The van der Waals surface area contributed by atoms with Crippen molar-refractivity contribution in [3.05, 3.63) is 0 Å². The van der Waals surface area contributed by atoms with E-state index in [0.29, 0.717) is 38.0 Å². The fourth-order valence-corrected chi connectivity index (χ4v) is 5.59. The van der Waals surface area contributed by atoms with Crippen LogP contribution in [0.25, 0.3) is 0 Å². The summed E-state index contributed by atoms with van der Waals surface area (Å²) in [5.41, 5.74) is 0. The number of rotatable bonds is 21. The standard InChI is InChI=1S/C32H58N4O4/c1-6-12-29(34-30(38)17-18-31(39)35(5)20-21-36(19-7-2)22-23-37)32(40)33-25-28(16-11-13-26(3)4)24-27-14-9-8-10-15-27/h1,26-29,37H,7-25H2,2-5H3,(H,33,40)(H,34,38)/t28-,29+/m1/s1. The average molecular weight is 563 g/mol. The van der Waals surface area contributed by atoms with Crippen molar-refractivity contribution in [2.45, 2.75) is 110 Å². The number of hydrogen-bond acceptors (Lipinski definition) is 5. The van der Waals surface area contributed by atoms with E-state index in [1.54, 1.807) is 11.9 Å². The minimum atomic E-state index is -0.794. The molecule has 1 aliphatic carbocycles. The first-order valence-electron chi connectivity index (χ1n) is 15.8. The Morgan fingerprint density at radius 2 is 1.75 bits per heavy atom. The molecule has 1 saturated carbocycles. The Morgan fingerprint density at radius 3 is 2.38 bits per heavy atom. The zero-order valence-corrected chi connectivity index (χ0v) is 25.9. The Labute approximate surface area is 244 Å². The smallest absolute Gasteiger partial charge is 0.243 e. The van der Waals surface area contributed by atoms with Gasteiger partial charge < -0.3 is 20.6 Å². The lowest BCUT2D eigenvalue weighted by Crippen LogP contribution is -2.48. The summed E-state index contributed by atoms with van der Waals surface area (Å²) in [5, 5.41) is 15.0. The van der Waals surface area contributed by atoms with Crippen molar-refractivity contribution in [2.24, 2.45) is 17.8 Å². The van der Waals surface area contributed by atoms with Crippen LogP contribution in [0, 0.1) is 30.1 Å². The third-order valence-corrected chi connectivity index (χ3v) is 8.02. The van der Waals surface area contributed by atoms with Crippen molar-refractivity contribution in [3.8, 4) is 12.3 Å².